The van der Waals surface area contributed by atoms with Gasteiger partial charge >= 0.3 is 0 Å². The molecule has 0 saturated heterocycles. The van der Waals surface area contributed by atoms with E-state index in [1.54, 1.807) is 11.1 Å². The smallest absolute Gasteiger partial charge is 0.0276 e. The molecular weight excluding hydrogens is 264 g/mol. The monoisotopic (exact) mass is 302 g/mol. The average molecular weight is 303 g/mol. The van der Waals surface area contributed by atoms with Crippen LogP contribution in [0.25, 0.3) is 0 Å². The molecule has 0 amide bonds. The van der Waals surface area contributed by atoms with Crippen molar-refractivity contribution in [2.75, 3.05) is 0 Å². The highest BCUT2D eigenvalue weighted by Gasteiger charge is 2.02. The minimum Gasteiger partial charge on any atom is -0.0654 e. The highest BCUT2D eigenvalue weighted by atomic mass is 14.1. The molecule has 0 unspecified atom stereocenters. The minimum absolute atomic E-state index is 1.16. The summed E-state index contributed by atoms with van der Waals surface area (Å²) in [6.07, 6.45) is 17.9. The molecule has 0 fully saturated rings. The van der Waals surface area contributed by atoms with Crippen molar-refractivity contribution in [1.29, 1.82) is 0 Å². The molecule has 0 nitrogen and oxygen atoms in total. The van der Waals surface area contributed by atoms with E-state index >= 15 is 0 Å². The third-order valence-corrected chi connectivity index (χ3v) is 4.86. The van der Waals surface area contributed by atoms with Crippen LogP contribution in [0, 0.1) is 0 Å². The molecule has 0 atom stereocenters. The lowest BCUT2D eigenvalue weighted by Crippen LogP contribution is -1.95. The van der Waals surface area contributed by atoms with Crippen LogP contribution in [0.3, 0.4) is 0 Å². The zero-order valence-corrected chi connectivity index (χ0v) is 15.4. The fraction of sp³-hybridized carbons (Fsp3) is 0.727. The molecule has 0 aliphatic carbocycles. The molecule has 0 heteroatoms. The lowest BCUT2D eigenvalue weighted by molar-refractivity contribution is 0.556. The number of hydrogen-bond donors (Lipinski definition) is 0. The predicted molar refractivity (Wildman–Crippen MR) is 101 cm³/mol. The van der Waals surface area contributed by atoms with E-state index in [2.05, 4.69) is 39.0 Å². The predicted octanol–water partition coefficient (Wildman–Crippen LogP) is 7.27. The van der Waals surface area contributed by atoms with Gasteiger partial charge in [0.1, 0.15) is 0 Å². The third-order valence-electron chi connectivity index (χ3n) is 4.86. The SMILES string of the molecule is CCCCCCCCCCCCc1cc(CC)ccc1CC. The fourth-order valence-corrected chi connectivity index (χ4v) is 3.28. The van der Waals surface area contributed by atoms with Gasteiger partial charge in [-0.3, -0.25) is 0 Å². The van der Waals surface area contributed by atoms with Crippen LogP contribution in [-0.4, -0.2) is 0 Å². The first-order valence-corrected chi connectivity index (χ1v) is 9.92. The normalized spacial score (nSPS) is 11.0. The first kappa shape index (κ1) is 19.3. The van der Waals surface area contributed by atoms with E-state index in [4.69, 9.17) is 0 Å². The zero-order chi connectivity index (χ0) is 16.0. The van der Waals surface area contributed by atoms with Crippen LogP contribution >= 0.6 is 0 Å². The quantitative estimate of drug-likeness (QED) is 0.336. The number of hydrogen-bond acceptors (Lipinski definition) is 0. The Morgan fingerprint density at radius 2 is 1.18 bits per heavy atom. The molecule has 0 radical (unpaired) electrons. The Bertz CT molecular complexity index is 378. The van der Waals surface area contributed by atoms with E-state index < -0.39 is 0 Å². The van der Waals surface area contributed by atoms with Crippen LogP contribution in [0.2, 0.25) is 0 Å². The van der Waals surface area contributed by atoms with Gasteiger partial charge in [-0.2, -0.15) is 0 Å². The van der Waals surface area contributed by atoms with E-state index in [9.17, 15) is 0 Å². The second-order valence-electron chi connectivity index (χ2n) is 6.74. The van der Waals surface area contributed by atoms with Crippen LogP contribution in [-0.2, 0) is 19.3 Å². The summed E-state index contributed by atoms with van der Waals surface area (Å²) in [5.41, 5.74) is 4.67. The van der Waals surface area contributed by atoms with Gasteiger partial charge < -0.3 is 0 Å². The summed E-state index contributed by atoms with van der Waals surface area (Å²) in [6, 6.07) is 7.11. The van der Waals surface area contributed by atoms with E-state index in [0.717, 1.165) is 6.42 Å². The molecule has 0 aromatic heterocycles. The van der Waals surface area contributed by atoms with Crippen LogP contribution in [0.1, 0.15) is 102 Å². The first-order chi connectivity index (χ1) is 10.8. The van der Waals surface area contributed by atoms with Gasteiger partial charge in [0.2, 0.25) is 0 Å². The lowest BCUT2D eigenvalue weighted by Gasteiger charge is -2.10. The van der Waals surface area contributed by atoms with Crippen LogP contribution < -0.4 is 0 Å². The van der Waals surface area contributed by atoms with Crippen LogP contribution in [0.4, 0.5) is 0 Å². The van der Waals surface area contributed by atoms with Gasteiger partial charge in [0, 0.05) is 0 Å². The maximum Gasteiger partial charge on any atom is -0.0276 e. The van der Waals surface area contributed by atoms with Crippen LogP contribution in [0.5, 0.6) is 0 Å². The number of aryl methyl sites for hydroxylation is 3. The molecule has 0 aliphatic heterocycles. The lowest BCUT2D eigenvalue weighted by atomic mass is 9.96. The van der Waals surface area contributed by atoms with Crippen molar-refractivity contribution in [2.24, 2.45) is 0 Å². The summed E-state index contributed by atoms with van der Waals surface area (Å²) in [6.45, 7) is 6.83. The number of benzene rings is 1. The molecule has 0 spiro atoms. The summed E-state index contributed by atoms with van der Waals surface area (Å²) < 4.78 is 0. The first-order valence-electron chi connectivity index (χ1n) is 9.92. The molecule has 0 aliphatic rings. The molecule has 1 aromatic rings. The van der Waals surface area contributed by atoms with Crippen molar-refractivity contribution in [3.63, 3.8) is 0 Å². The van der Waals surface area contributed by atoms with Gasteiger partial charge in [-0.15, -0.1) is 0 Å². The molecule has 0 N–H and O–H groups in total. The van der Waals surface area contributed by atoms with Crippen molar-refractivity contribution >= 4 is 0 Å². The van der Waals surface area contributed by atoms with Gasteiger partial charge in [-0.25, -0.2) is 0 Å². The summed E-state index contributed by atoms with van der Waals surface area (Å²) in [5, 5.41) is 0. The van der Waals surface area contributed by atoms with Crippen LogP contribution in [0.15, 0.2) is 18.2 Å². The molecule has 0 bridgehead atoms. The largest absolute Gasteiger partial charge is 0.0654 e. The summed E-state index contributed by atoms with van der Waals surface area (Å²) in [5.74, 6) is 0. The molecule has 0 saturated carbocycles. The maximum atomic E-state index is 2.45. The standard InChI is InChI=1S/C22H38/c1-4-7-8-9-10-11-12-13-14-15-16-22-19-20(5-2)17-18-21(22)6-3/h17-19H,4-16H2,1-3H3. The summed E-state index contributed by atoms with van der Waals surface area (Å²) >= 11 is 0. The van der Waals surface area contributed by atoms with Gasteiger partial charge in [-0.1, -0.05) is 96.8 Å². The van der Waals surface area contributed by atoms with Gasteiger partial charge in [0.05, 0.1) is 0 Å². The highest BCUT2D eigenvalue weighted by Crippen LogP contribution is 2.17. The average Bonchev–Trinajstić information content (AvgIpc) is 2.56. The molecule has 22 heavy (non-hydrogen) atoms. The van der Waals surface area contributed by atoms with Gasteiger partial charge in [-0.05, 0) is 42.4 Å². The van der Waals surface area contributed by atoms with E-state index in [0.29, 0.717) is 0 Å². The van der Waals surface area contributed by atoms with Crippen molar-refractivity contribution in [3.05, 3.63) is 34.9 Å². The Morgan fingerprint density at radius 1 is 0.591 bits per heavy atom. The molecular formula is C22H38. The highest BCUT2D eigenvalue weighted by molar-refractivity contribution is 5.32. The second-order valence-corrected chi connectivity index (χ2v) is 6.74. The van der Waals surface area contributed by atoms with E-state index in [-0.39, 0.29) is 0 Å². The molecule has 1 rings (SSSR count). The van der Waals surface area contributed by atoms with Crippen molar-refractivity contribution in [1.82, 2.24) is 0 Å². The zero-order valence-electron chi connectivity index (χ0n) is 15.4. The van der Waals surface area contributed by atoms with E-state index in [1.807, 2.05) is 0 Å². The van der Waals surface area contributed by atoms with E-state index in [1.165, 1.54) is 82.6 Å². The Balaban J connectivity index is 2.11. The third kappa shape index (κ3) is 8.01. The summed E-state index contributed by atoms with van der Waals surface area (Å²) in [4.78, 5) is 0. The summed E-state index contributed by atoms with van der Waals surface area (Å²) in [7, 11) is 0. The minimum atomic E-state index is 1.16. The van der Waals surface area contributed by atoms with Gasteiger partial charge in [0.15, 0.2) is 0 Å². The number of rotatable bonds is 13. The van der Waals surface area contributed by atoms with Crippen molar-refractivity contribution < 1.29 is 0 Å². The van der Waals surface area contributed by atoms with Crippen molar-refractivity contribution in [2.45, 2.75) is 104 Å². The van der Waals surface area contributed by atoms with Gasteiger partial charge in [0.25, 0.3) is 0 Å². The molecule has 1 aromatic carbocycles. The van der Waals surface area contributed by atoms with Crippen molar-refractivity contribution in [3.8, 4) is 0 Å². The Labute approximate surface area is 139 Å². The second kappa shape index (κ2) is 12.7. The number of unbranched alkanes of at least 4 members (excludes halogenated alkanes) is 9. The molecule has 0 heterocycles. The Morgan fingerprint density at radius 3 is 1.73 bits per heavy atom. The Kier molecular flexibility index (Phi) is 11.2. The fourth-order valence-electron chi connectivity index (χ4n) is 3.28. The maximum absolute atomic E-state index is 2.45. The topological polar surface area (TPSA) is 0 Å². The molecule has 126 valence electrons. The Hall–Kier alpha value is -0.780.